The van der Waals surface area contributed by atoms with Crippen molar-refractivity contribution in [1.82, 2.24) is 20.1 Å². The maximum absolute atomic E-state index is 4.45. The van der Waals surface area contributed by atoms with Crippen molar-refractivity contribution >= 4 is 11.3 Å². The second-order valence-electron chi connectivity index (χ2n) is 5.21. The Morgan fingerprint density at radius 2 is 2.05 bits per heavy atom. The molecule has 0 fully saturated rings. The van der Waals surface area contributed by atoms with Crippen LogP contribution in [0.2, 0.25) is 0 Å². The van der Waals surface area contributed by atoms with Crippen LogP contribution in [0.25, 0.3) is 5.69 Å². The Kier molecular flexibility index (Phi) is 3.09. The lowest BCUT2D eigenvalue weighted by atomic mass is 10.0. The summed E-state index contributed by atoms with van der Waals surface area (Å²) in [6.07, 6.45) is 1.10. The van der Waals surface area contributed by atoms with Crippen molar-refractivity contribution in [1.29, 1.82) is 0 Å². The maximum Gasteiger partial charge on any atom is 0.159 e. The van der Waals surface area contributed by atoms with Gasteiger partial charge >= 0.3 is 0 Å². The number of fused-ring (bicyclic) bond motifs is 1. The van der Waals surface area contributed by atoms with Gasteiger partial charge in [0.05, 0.1) is 6.04 Å². The first-order valence-corrected chi connectivity index (χ1v) is 7.99. The van der Waals surface area contributed by atoms with Crippen molar-refractivity contribution in [3.63, 3.8) is 0 Å². The number of hydrogen-bond acceptors (Lipinski definition) is 4. The van der Waals surface area contributed by atoms with E-state index in [0.29, 0.717) is 0 Å². The smallest absolute Gasteiger partial charge is 0.159 e. The third kappa shape index (κ3) is 2.09. The average molecular weight is 296 g/mol. The number of rotatable bonds is 2. The summed E-state index contributed by atoms with van der Waals surface area (Å²) in [7, 11) is 0. The van der Waals surface area contributed by atoms with Gasteiger partial charge in [-0.3, -0.25) is 4.57 Å². The van der Waals surface area contributed by atoms with Crippen LogP contribution in [0.1, 0.15) is 28.1 Å². The Morgan fingerprint density at radius 3 is 2.90 bits per heavy atom. The highest BCUT2D eigenvalue weighted by molar-refractivity contribution is 7.10. The second kappa shape index (κ2) is 5.09. The molecule has 1 aliphatic heterocycles. The monoisotopic (exact) mass is 296 g/mol. The molecule has 1 N–H and O–H groups in total. The first-order valence-electron chi connectivity index (χ1n) is 7.11. The molecule has 0 radical (unpaired) electrons. The molecule has 106 valence electrons. The van der Waals surface area contributed by atoms with Gasteiger partial charge in [0.15, 0.2) is 5.82 Å². The zero-order chi connectivity index (χ0) is 14.2. The minimum Gasteiger partial charge on any atom is -0.303 e. The Morgan fingerprint density at radius 1 is 1.19 bits per heavy atom. The fourth-order valence-corrected chi connectivity index (χ4v) is 3.86. The number of nitrogens with one attached hydrogen (secondary N) is 1. The van der Waals surface area contributed by atoms with Crippen LogP contribution >= 0.6 is 11.3 Å². The summed E-state index contributed by atoms with van der Waals surface area (Å²) in [5.41, 5.74) is 2.45. The lowest BCUT2D eigenvalue weighted by Crippen LogP contribution is -2.31. The van der Waals surface area contributed by atoms with Crippen molar-refractivity contribution < 1.29 is 0 Å². The molecule has 4 rings (SSSR count). The highest BCUT2D eigenvalue weighted by atomic mass is 32.1. The molecule has 3 heterocycles. The van der Waals surface area contributed by atoms with E-state index in [9.17, 15) is 0 Å². The van der Waals surface area contributed by atoms with Gasteiger partial charge in [0.25, 0.3) is 0 Å². The van der Waals surface area contributed by atoms with E-state index >= 15 is 0 Å². The predicted octanol–water partition coefficient (Wildman–Crippen LogP) is 2.87. The van der Waals surface area contributed by atoms with E-state index in [1.807, 2.05) is 36.5 Å². The summed E-state index contributed by atoms with van der Waals surface area (Å²) in [5.74, 6) is 1.89. The molecule has 3 aromatic rings. The average Bonchev–Trinajstić information content (AvgIpc) is 3.14. The molecule has 21 heavy (non-hydrogen) atoms. The molecule has 1 aromatic carbocycles. The Bertz CT molecular complexity index is 760. The van der Waals surface area contributed by atoms with Crippen molar-refractivity contribution in [3.8, 4) is 5.69 Å². The molecule has 1 atom stereocenters. The number of nitrogens with zero attached hydrogens (tertiary/aromatic N) is 3. The number of para-hydroxylation sites is 1. The third-order valence-electron chi connectivity index (χ3n) is 3.91. The highest BCUT2D eigenvalue weighted by Gasteiger charge is 2.27. The molecule has 1 aliphatic rings. The summed E-state index contributed by atoms with van der Waals surface area (Å²) in [6, 6.07) is 12.6. The number of thiophene rings is 1. The highest BCUT2D eigenvalue weighted by Crippen LogP contribution is 2.32. The molecule has 0 aliphatic carbocycles. The van der Waals surface area contributed by atoms with Gasteiger partial charge in [-0.2, -0.15) is 0 Å². The molecule has 0 saturated heterocycles. The summed E-state index contributed by atoms with van der Waals surface area (Å²) in [5, 5.41) is 14.5. The van der Waals surface area contributed by atoms with Crippen LogP contribution in [0.3, 0.4) is 0 Å². The van der Waals surface area contributed by atoms with E-state index < -0.39 is 0 Å². The second-order valence-corrected chi connectivity index (χ2v) is 6.21. The fraction of sp³-hybridized carbons (Fsp3) is 0.250. The molecule has 0 bridgehead atoms. The number of aryl methyl sites for hydroxylation is 1. The Balaban J connectivity index is 1.85. The van der Waals surface area contributed by atoms with Gasteiger partial charge in [-0.15, -0.1) is 21.5 Å². The molecular weight excluding hydrogens is 280 g/mol. The van der Waals surface area contributed by atoms with E-state index in [0.717, 1.165) is 30.3 Å². The number of benzene rings is 1. The zero-order valence-electron chi connectivity index (χ0n) is 11.8. The Hall–Kier alpha value is -1.98. The third-order valence-corrected chi connectivity index (χ3v) is 4.91. The van der Waals surface area contributed by atoms with Crippen molar-refractivity contribution in [2.45, 2.75) is 19.4 Å². The van der Waals surface area contributed by atoms with E-state index in [-0.39, 0.29) is 6.04 Å². The van der Waals surface area contributed by atoms with Crippen LogP contribution in [0, 0.1) is 6.92 Å². The summed E-state index contributed by atoms with van der Waals surface area (Å²) >= 11 is 1.83. The molecule has 5 heteroatoms. The normalized spacial score (nSPS) is 17.7. The first kappa shape index (κ1) is 12.7. The van der Waals surface area contributed by atoms with Crippen molar-refractivity contribution in [2.75, 3.05) is 6.54 Å². The van der Waals surface area contributed by atoms with Gasteiger partial charge in [-0.1, -0.05) is 18.2 Å². The van der Waals surface area contributed by atoms with Gasteiger partial charge in [0.2, 0.25) is 0 Å². The van der Waals surface area contributed by atoms with Gasteiger partial charge in [0.1, 0.15) is 5.82 Å². The van der Waals surface area contributed by atoms with E-state index in [1.165, 1.54) is 10.4 Å². The molecule has 0 amide bonds. The maximum atomic E-state index is 4.45. The SMILES string of the molecule is Cc1nnc(C2NCCc3sccc32)n1-c1ccccc1. The largest absolute Gasteiger partial charge is 0.303 e. The number of aromatic nitrogens is 3. The van der Waals surface area contributed by atoms with Crippen LogP contribution in [0.15, 0.2) is 41.8 Å². The van der Waals surface area contributed by atoms with Crippen LogP contribution in [-0.2, 0) is 6.42 Å². The fourth-order valence-electron chi connectivity index (χ4n) is 2.94. The zero-order valence-corrected chi connectivity index (χ0v) is 12.6. The quantitative estimate of drug-likeness (QED) is 0.791. The van der Waals surface area contributed by atoms with Crippen LogP contribution in [0.5, 0.6) is 0 Å². The number of hydrogen-bond donors (Lipinski definition) is 1. The van der Waals surface area contributed by atoms with Gasteiger partial charge in [-0.05, 0) is 42.5 Å². The minimum absolute atomic E-state index is 0.126. The standard InChI is InChI=1S/C16H16N4S/c1-11-18-19-16(20(11)12-5-3-2-4-6-12)15-13-8-10-21-14(13)7-9-17-15/h2-6,8,10,15,17H,7,9H2,1H3. The lowest BCUT2D eigenvalue weighted by molar-refractivity contribution is 0.541. The molecule has 0 saturated carbocycles. The van der Waals surface area contributed by atoms with Crippen LogP contribution in [-0.4, -0.2) is 21.3 Å². The lowest BCUT2D eigenvalue weighted by Gasteiger charge is -2.24. The predicted molar refractivity (Wildman–Crippen MR) is 84.0 cm³/mol. The van der Waals surface area contributed by atoms with Crippen molar-refractivity contribution in [3.05, 3.63) is 63.9 Å². The van der Waals surface area contributed by atoms with E-state index in [2.05, 4.69) is 43.7 Å². The van der Waals surface area contributed by atoms with Gasteiger partial charge in [-0.25, -0.2) is 0 Å². The van der Waals surface area contributed by atoms with Crippen LogP contribution in [0.4, 0.5) is 0 Å². The molecule has 4 nitrogen and oxygen atoms in total. The summed E-state index contributed by atoms with van der Waals surface area (Å²) < 4.78 is 2.14. The molecule has 1 unspecified atom stereocenters. The Labute approximate surface area is 127 Å². The first-order chi connectivity index (χ1) is 10.3. The van der Waals surface area contributed by atoms with Gasteiger partial charge in [0, 0.05) is 17.1 Å². The topological polar surface area (TPSA) is 42.7 Å². The van der Waals surface area contributed by atoms with Crippen LogP contribution < -0.4 is 5.32 Å². The van der Waals surface area contributed by atoms with Gasteiger partial charge < -0.3 is 5.32 Å². The molecular formula is C16H16N4S. The summed E-state index contributed by atoms with van der Waals surface area (Å²) in [6.45, 7) is 2.99. The molecule has 0 spiro atoms. The minimum atomic E-state index is 0.126. The van der Waals surface area contributed by atoms with Crippen molar-refractivity contribution in [2.24, 2.45) is 0 Å². The van der Waals surface area contributed by atoms with E-state index in [4.69, 9.17) is 0 Å². The van der Waals surface area contributed by atoms with E-state index in [1.54, 1.807) is 0 Å². The summed E-state index contributed by atoms with van der Waals surface area (Å²) in [4.78, 5) is 1.46. The molecule has 2 aromatic heterocycles.